The zero-order valence-corrected chi connectivity index (χ0v) is 16.9. The minimum atomic E-state index is -0.294. The molecule has 0 bridgehead atoms. The molecule has 1 heterocycles. The number of hydrogen-bond donors (Lipinski definition) is 2. The van der Waals surface area contributed by atoms with E-state index in [9.17, 15) is 9.59 Å². The van der Waals surface area contributed by atoms with Gasteiger partial charge in [0.15, 0.2) is 0 Å². The summed E-state index contributed by atoms with van der Waals surface area (Å²) in [6.45, 7) is 3.78. The molecule has 0 atom stereocenters. The second-order valence-electron chi connectivity index (χ2n) is 6.00. The second kappa shape index (κ2) is 8.13. The van der Waals surface area contributed by atoms with E-state index in [1.165, 1.54) is 0 Å². The smallest absolute Gasteiger partial charge is 0.265 e. The Bertz CT molecular complexity index is 951. The Kier molecular flexibility index (Phi) is 5.85. The molecule has 0 aliphatic carbocycles. The molecule has 4 nitrogen and oxygen atoms in total. The molecule has 138 valence electrons. The molecule has 2 N–H and O–H groups in total. The van der Waals surface area contributed by atoms with Crippen molar-refractivity contribution in [1.29, 1.82) is 0 Å². The molecule has 7 heteroatoms. The highest BCUT2D eigenvalue weighted by Gasteiger charge is 2.15. The van der Waals surface area contributed by atoms with Gasteiger partial charge in [0.25, 0.3) is 11.8 Å². The number of thiophene rings is 1. The van der Waals surface area contributed by atoms with Gasteiger partial charge in [-0.05, 0) is 61.4 Å². The Balaban J connectivity index is 1.69. The van der Waals surface area contributed by atoms with Crippen molar-refractivity contribution in [2.45, 2.75) is 13.8 Å². The molecule has 0 saturated carbocycles. The lowest BCUT2D eigenvalue weighted by molar-refractivity contribution is 0.102. The highest BCUT2D eigenvalue weighted by Crippen LogP contribution is 2.24. The van der Waals surface area contributed by atoms with Crippen molar-refractivity contribution in [3.05, 3.63) is 79.5 Å². The number of hydrogen-bond acceptors (Lipinski definition) is 3. The van der Waals surface area contributed by atoms with Gasteiger partial charge in [-0.1, -0.05) is 35.3 Å². The maximum absolute atomic E-state index is 12.4. The predicted octanol–water partition coefficient (Wildman–Crippen LogP) is 6.18. The van der Waals surface area contributed by atoms with Gasteiger partial charge < -0.3 is 10.6 Å². The summed E-state index contributed by atoms with van der Waals surface area (Å²) in [5, 5.41) is 6.72. The topological polar surface area (TPSA) is 58.2 Å². The van der Waals surface area contributed by atoms with Crippen LogP contribution >= 0.6 is 34.5 Å². The fraction of sp³-hybridized carbons (Fsp3) is 0.100. The zero-order chi connectivity index (χ0) is 19.6. The first-order chi connectivity index (χ1) is 12.8. The van der Waals surface area contributed by atoms with Crippen LogP contribution in [-0.4, -0.2) is 11.8 Å². The minimum Gasteiger partial charge on any atom is -0.321 e. The van der Waals surface area contributed by atoms with Gasteiger partial charge in [0.2, 0.25) is 0 Å². The molecule has 0 fully saturated rings. The van der Waals surface area contributed by atoms with Crippen LogP contribution in [0.4, 0.5) is 11.4 Å². The average molecular weight is 419 g/mol. The Hall–Kier alpha value is -2.34. The van der Waals surface area contributed by atoms with Crippen LogP contribution in [0.5, 0.6) is 0 Å². The maximum atomic E-state index is 12.4. The Morgan fingerprint density at radius 3 is 1.52 bits per heavy atom. The summed E-state index contributed by atoms with van der Waals surface area (Å²) in [5.74, 6) is -0.588. The van der Waals surface area contributed by atoms with Gasteiger partial charge >= 0.3 is 0 Å². The van der Waals surface area contributed by atoms with E-state index in [1.54, 1.807) is 36.4 Å². The van der Waals surface area contributed by atoms with E-state index in [1.807, 2.05) is 26.0 Å². The van der Waals surface area contributed by atoms with Crippen LogP contribution < -0.4 is 10.6 Å². The lowest BCUT2D eigenvalue weighted by atomic mass is 10.2. The van der Waals surface area contributed by atoms with E-state index >= 15 is 0 Å². The van der Waals surface area contributed by atoms with Gasteiger partial charge in [0, 0.05) is 21.4 Å². The van der Waals surface area contributed by atoms with Gasteiger partial charge in [0.05, 0.1) is 9.75 Å². The number of aryl methyl sites for hydroxylation is 2. The average Bonchev–Trinajstić information content (AvgIpc) is 3.12. The van der Waals surface area contributed by atoms with E-state index < -0.39 is 0 Å². The minimum absolute atomic E-state index is 0.294. The molecule has 0 aliphatic rings. The second-order valence-corrected chi connectivity index (χ2v) is 7.90. The number of rotatable bonds is 4. The Morgan fingerprint density at radius 2 is 1.15 bits per heavy atom. The Labute approximate surface area is 171 Å². The van der Waals surface area contributed by atoms with Crippen molar-refractivity contribution in [2.75, 3.05) is 10.6 Å². The predicted molar refractivity (Wildman–Crippen MR) is 113 cm³/mol. The van der Waals surface area contributed by atoms with Crippen LogP contribution in [0.25, 0.3) is 0 Å². The van der Waals surface area contributed by atoms with Crippen molar-refractivity contribution in [1.82, 2.24) is 0 Å². The van der Waals surface area contributed by atoms with Gasteiger partial charge in [-0.15, -0.1) is 11.3 Å². The molecular formula is C20H16Cl2N2O2S. The largest absolute Gasteiger partial charge is 0.321 e. The summed E-state index contributed by atoms with van der Waals surface area (Å²) in [7, 11) is 0. The SMILES string of the molecule is Cc1ccc(NC(=O)c2ccc(C(=O)Nc3ccc(C)c(Cl)c3)s2)cc1Cl. The fourth-order valence-corrected chi connectivity index (χ4v) is 3.47. The molecule has 0 saturated heterocycles. The number of carbonyl (C=O) groups excluding carboxylic acids is 2. The molecule has 0 aliphatic heterocycles. The van der Waals surface area contributed by atoms with Gasteiger partial charge in [-0.2, -0.15) is 0 Å². The highest BCUT2D eigenvalue weighted by molar-refractivity contribution is 7.16. The summed E-state index contributed by atoms with van der Waals surface area (Å²) < 4.78 is 0. The zero-order valence-electron chi connectivity index (χ0n) is 14.6. The summed E-state index contributed by atoms with van der Waals surface area (Å²) in [6, 6.07) is 13.8. The highest BCUT2D eigenvalue weighted by atomic mass is 35.5. The van der Waals surface area contributed by atoms with Crippen molar-refractivity contribution in [3.63, 3.8) is 0 Å². The van der Waals surface area contributed by atoms with E-state index in [-0.39, 0.29) is 11.8 Å². The molecule has 0 unspecified atom stereocenters. The van der Waals surface area contributed by atoms with E-state index in [4.69, 9.17) is 23.2 Å². The normalized spacial score (nSPS) is 10.5. The molecule has 0 spiro atoms. The number of nitrogens with one attached hydrogen (secondary N) is 2. The number of amides is 2. The van der Waals surface area contributed by atoms with E-state index in [0.717, 1.165) is 22.5 Å². The van der Waals surface area contributed by atoms with Crippen LogP contribution in [0.2, 0.25) is 10.0 Å². The number of halogens is 2. The summed E-state index contributed by atoms with van der Waals surface area (Å²) in [6.07, 6.45) is 0. The van der Waals surface area contributed by atoms with E-state index in [2.05, 4.69) is 10.6 Å². The molecule has 2 amide bonds. The maximum Gasteiger partial charge on any atom is 0.265 e. The molecular weight excluding hydrogens is 403 g/mol. The van der Waals surface area contributed by atoms with Gasteiger partial charge in [-0.3, -0.25) is 9.59 Å². The third-order valence-corrected chi connectivity index (χ3v) is 5.81. The van der Waals surface area contributed by atoms with Crippen molar-refractivity contribution >= 4 is 57.7 Å². The number of carbonyl (C=O) groups is 2. The molecule has 27 heavy (non-hydrogen) atoms. The quantitative estimate of drug-likeness (QED) is 0.531. The van der Waals surface area contributed by atoms with Crippen LogP contribution in [0.3, 0.4) is 0 Å². The first-order valence-electron chi connectivity index (χ1n) is 8.08. The Morgan fingerprint density at radius 1 is 0.741 bits per heavy atom. The molecule has 3 aromatic rings. The number of benzene rings is 2. The first kappa shape index (κ1) is 19.4. The fourth-order valence-electron chi connectivity index (χ4n) is 2.31. The van der Waals surface area contributed by atoms with Crippen LogP contribution in [0.1, 0.15) is 30.5 Å². The summed E-state index contributed by atoms with van der Waals surface area (Å²) in [5.41, 5.74) is 3.07. The lowest BCUT2D eigenvalue weighted by Crippen LogP contribution is -2.11. The first-order valence-corrected chi connectivity index (χ1v) is 9.65. The molecule has 1 aromatic heterocycles. The van der Waals surface area contributed by atoms with Crippen molar-refractivity contribution in [2.24, 2.45) is 0 Å². The van der Waals surface area contributed by atoms with Crippen molar-refractivity contribution < 1.29 is 9.59 Å². The molecule has 0 radical (unpaired) electrons. The molecule has 3 rings (SSSR count). The summed E-state index contributed by atoms with van der Waals surface area (Å²) >= 11 is 13.3. The van der Waals surface area contributed by atoms with Crippen LogP contribution in [0.15, 0.2) is 48.5 Å². The lowest BCUT2D eigenvalue weighted by Gasteiger charge is -2.06. The molecule has 2 aromatic carbocycles. The van der Waals surface area contributed by atoms with Crippen LogP contribution in [-0.2, 0) is 0 Å². The summed E-state index contributed by atoms with van der Waals surface area (Å²) in [4.78, 5) is 25.6. The van der Waals surface area contributed by atoms with E-state index in [0.29, 0.717) is 31.2 Å². The van der Waals surface area contributed by atoms with Crippen LogP contribution in [0, 0.1) is 13.8 Å². The van der Waals surface area contributed by atoms with Crippen molar-refractivity contribution in [3.8, 4) is 0 Å². The van der Waals surface area contributed by atoms with Gasteiger partial charge in [0.1, 0.15) is 0 Å². The third kappa shape index (κ3) is 4.69. The monoisotopic (exact) mass is 418 g/mol. The standard InChI is InChI=1S/C20H16Cl2N2O2S/c1-11-3-5-13(9-15(11)21)23-19(25)17-7-8-18(27-17)20(26)24-14-6-4-12(2)16(22)10-14/h3-10H,1-2H3,(H,23,25)(H,24,26). The third-order valence-electron chi connectivity index (χ3n) is 3.91. The van der Waals surface area contributed by atoms with Gasteiger partial charge in [-0.25, -0.2) is 0 Å². The number of anilines is 2.